The second-order valence-electron chi connectivity index (χ2n) is 7.75. The predicted octanol–water partition coefficient (Wildman–Crippen LogP) is 4.25. The first kappa shape index (κ1) is 20.8. The van der Waals surface area contributed by atoms with Gasteiger partial charge in [0.1, 0.15) is 0 Å². The average molecular weight is 392 g/mol. The second kappa shape index (κ2) is 9.50. The number of hydrogen-bond acceptors (Lipinski definition) is 3. The van der Waals surface area contributed by atoms with Crippen LogP contribution in [0.3, 0.4) is 0 Å². The van der Waals surface area contributed by atoms with E-state index in [4.69, 9.17) is 0 Å². The van der Waals surface area contributed by atoms with Crippen LogP contribution in [0.2, 0.25) is 0 Å². The average Bonchev–Trinajstić information content (AvgIpc) is 2.74. The number of aromatic nitrogens is 2. The molecule has 152 valence electrons. The number of aryl methyl sites for hydroxylation is 2. The Balaban J connectivity index is 1.59. The number of amides is 1. The van der Waals surface area contributed by atoms with Crippen molar-refractivity contribution in [1.29, 1.82) is 0 Å². The van der Waals surface area contributed by atoms with Crippen molar-refractivity contribution in [3.05, 3.63) is 76.3 Å². The van der Waals surface area contributed by atoms with E-state index in [2.05, 4.69) is 55.3 Å². The van der Waals surface area contributed by atoms with Crippen molar-refractivity contribution in [3.63, 3.8) is 0 Å². The molecule has 0 aliphatic carbocycles. The molecule has 1 N–H and O–H groups in total. The minimum Gasteiger partial charge on any atom is -0.349 e. The van der Waals surface area contributed by atoms with Crippen molar-refractivity contribution in [2.45, 2.75) is 52.6 Å². The molecule has 1 unspecified atom stereocenters. The lowest BCUT2D eigenvalue weighted by Crippen LogP contribution is -2.32. The second-order valence-corrected chi connectivity index (χ2v) is 7.75. The maximum Gasteiger partial charge on any atom is 0.261 e. The molecule has 5 heteroatoms. The summed E-state index contributed by atoms with van der Waals surface area (Å²) in [4.78, 5) is 29.4. The van der Waals surface area contributed by atoms with Crippen molar-refractivity contribution >= 4 is 16.8 Å². The summed E-state index contributed by atoms with van der Waals surface area (Å²) in [6, 6.07) is 15.7. The van der Waals surface area contributed by atoms with Gasteiger partial charge in [0.25, 0.3) is 5.56 Å². The van der Waals surface area contributed by atoms with Crippen molar-refractivity contribution in [2.75, 3.05) is 0 Å². The molecule has 0 saturated heterocycles. The zero-order valence-corrected chi connectivity index (χ0v) is 17.4. The Labute approximate surface area is 171 Å². The van der Waals surface area contributed by atoms with E-state index in [1.54, 1.807) is 17.0 Å². The smallest absolute Gasteiger partial charge is 0.261 e. The Morgan fingerprint density at radius 2 is 1.83 bits per heavy atom. The van der Waals surface area contributed by atoms with E-state index in [9.17, 15) is 9.59 Å². The zero-order chi connectivity index (χ0) is 20.8. The molecule has 0 spiro atoms. The van der Waals surface area contributed by atoms with Gasteiger partial charge in [-0.1, -0.05) is 57.2 Å². The summed E-state index contributed by atoms with van der Waals surface area (Å²) in [5.41, 5.74) is 3.05. The van der Waals surface area contributed by atoms with Gasteiger partial charge in [-0.05, 0) is 42.0 Å². The molecule has 3 aromatic rings. The van der Waals surface area contributed by atoms with Gasteiger partial charge < -0.3 is 5.32 Å². The lowest BCUT2D eigenvalue weighted by Gasteiger charge is -2.23. The summed E-state index contributed by atoms with van der Waals surface area (Å²) in [7, 11) is 0. The Morgan fingerprint density at radius 3 is 2.52 bits per heavy atom. The summed E-state index contributed by atoms with van der Waals surface area (Å²) in [6.45, 7) is 6.83. The molecule has 0 aliphatic heterocycles. The van der Waals surface area contributed by atoms with Crippen LogP contribution in [0, 0.1) is 5.92 Å². The van der Waals surface area contributed by atoms with Crippen LogP contribution in [0.1, 0.15) is 50.8 Å². The molecule has 3 rings (SSSR count). The number of nitrogens with one attached hydrogen (secondary N) is 1. The molecular weight excluding hydrogens is 362 g/mol. The summed E-state index contributed by atoms with van der Waals surface area (Å²) in [6.07, 6.45) is 3.53. The fraction of sp³-hybridized carbons (Fsp3) is 0.375. The van der Waals surface area contributed by atoms with E-state index < -0.39 is 0 Å². The third kappa shape index (κ3) is 5.11. The van der Waals surface area contributed by atoms with E-state index >= 15 is 0 Å². The SMILES string of the molecule is CCc1ccc(C(NC(=O)CCCn2cnc3ccccc3c2=O)C(C)C)cc1. The molecule has 0 radical (unpaired) electrons. The van der Waals surface area contributed by atoms with Crippen LogP contribution in [-0.4, -0.2) is 15.5 Å². The monoisotopic (exact) mass is 391 g/mol. The Morgan fingerprint density at radius 1 is 1.10 bits per heavy atom. The lowest BCUT2D eigenvalue weighted by atomic mass is 9.94. The maximum absolute atomic E-state index is 12.5. The number of carbonyl (C=O) groups excluding carboxylic acids is 1. The number of nitrogens with zero attached hydrogens (tertiary/aromatic N) is 2. The van der Waals surface area contributed by atoms with E-state index in [1.165, 1.54) is 5.56 Å². The molecule has 29 heavy (non-hydrogen) atoms. The summed E-state index contributed by atoms with van der Waals surface area (Å²) >= 11 is 0. The van der Waals surface area contributed by atoms with E-state index in [0.29, 0.717) is 36.2 Å². The van der Waals surface area contributed by atoms with Crippen LogP contribution >= 0.6 is 0 Å². The highest BCUT2D eigenvalue weighted by molar-refractivity contribution is 5.77. The van der Waals surface area contributed by atoms with Gasteiger partial charge in [-0.25, -0.2) is 4.98 Å². The summed E-state index contributed by atoms with van der Waals surface area (Å²) < 4.78 is 1.58. The molecule has 5 nitrogen and oxygen atoms in total. The summed E-state index contributed by atoms with van der Waals surface area (Å²) in [5, 5.41) is 3.77. The number of carbonyl (C=O) groups is 1. The minimum atomic E-state index is -0.0629. The van der Waals surface area contributed by atoms with Crippen LogP contribution in [0.4, 0.5) is 0 Å². The zero-order valence-electron chi connectivity index (χ0n) is 17.4. The Kier molecular flexibility index (Phi) is 6.81. The normalized spacial score (nSPS) is 12.3. The van der Waals surface area contributed by atoms with Crippen molar-refractivity contribution in [1.82, 2.24) is 14.9 Å². The Bertz CT molecular complexity index is 1020. The van der Waals surface area contributed by atoms with Crippen LogP contribution in [-0.2, 0) is 17.8 Å². The Hall–Kier alpha value is -2.95. The minimum absolute atomic E-state index is 0.00469. The van der Waals surface area contributed by atoms with Crippen molar-refractivity contribution in [3.8, 4) is 0 Å². The molecule has 1 aromatic heterocycles. The highest BCUT2D eigenvalue weighted by atomic mass is 16.1. The molecule has 1 heterocycles. The molecule has 0 aliphatic rings. The van der Waals surface area contributed by atoms with Gasteiger partial charge >= 0.3 is 0 Å². The van der Waals surface area contributed by atoms with Crippen LogP contribution < -0.4 is 10.9 Å². The molecule has 0 bridgehead atoms. The van der Waals surface area contributed by atoms with Gasteiger partial charge in [0.2, 0.25) is 5.91 Å². The van der Waals surface area contributed by atoms with Gasteiger partial charge in [-0.3, -0.25) is 14.2 Å². The quantitative estimate of drug-likeness (QED) is 0.624. The predicted molar refractivity (Wildman–Crippen MR) is 117 cm³/mol. The molecule has 0 saturated carbocycles. The molecule has 0 fully saturated rings. The molecule has 1 amide bonds. The number of rotatable bonds is 8. The molecule has 1 atom stereocenters. The van der Waals surface area contributed by atoms with E-state index in [1.807, 2.05) is 18.2 Å². The van der Waals surface area contributed by atoms with Gasteiger partial charge in [0.15, 0.2) is 0 Å². The third-order valence-corrected chi connectivity index (χ3v) is 5.26. The van der Waals surface area contributed by atoms with Gasteiger partial charge in [0, 0.05) is 13.0 Å². The van der Waals surface area contributed by atoms with Gasteiger partial charge in [-0.2, -0.15) is 0 Å². The fourth-order valence-corrected chi connectivity index (χ4v) is 3.52. The van der Waals surface area contributed by atoms with Crippen LogP contribution in [0.15, 0.2) is 59.7 Å². The topological polar surface area (TPSA) is 64.0 Å². The lowest BCUT2D eigenvalue weighted by molar-refractivity contribution is -0.122. The fourth-order valence-electron chi connectivity index (χ4n) is 3.52. The van der Waals surface area contributed by atoms with Crippen LogP contribution in [0.5, 0.6) is 0 Å². The van der Waals surface area contributed by atoms with Crippen molar-refractivity contribution < 1.29 is 4.79 Å². The first-order valence-electron chi connectivity index (χ1n) is 10.3. The number of fused-ring (bicyclic) bond motifs is 1. The first-order chi connectivity index (χ1) is 14.0. The maximum atomic E-state index is 12.5. The standard InChI is InChI=1S/C24H29N3O2/c1-4-18-11-13-19(14-12-18)23(17(2)3)26-22(28)10-7-15-27-16-25-21-9-6-5-8-20(21)24(27)29/h5-6,8-9,11-14,16-17,23H,4,7,10,15H2,1-3H3,(H,26,28). The van der Waals surface area contributed by atoms with Gasteiger partial charge in [0.05, 0.1) is 23.3 Å². The van der Waals surface area contributed by atoms with Gasteiger partial charge in [-0.15, -0.1) is 0 Å². The highest BCUT2D eigenvalue weighted by Crippen LogP contribution is 2.22. The molecular formula is C24H29N3O2. The van der Waals surface area contributed by atoms with Crippen LogP contribution in [0.25, 0.3) is 10.9 Å². The van der Waals surface area contributed by atoms with Crippen molar-refractivity contribution in [2.24, 2.45) is 5.92 Å². The highest BCUT2D eigenvalue weighted by Gasteiger charge is 2.18. The number of benzene rings is 2. The first-order valence-corrected chi connectivity index (χ1v) is 10.3. The molecule has 2 aromatic carbocycles. The number of para-hydroxylation sites is 1. The van der Waals surface area contributed by atoms with E-state index in [0.717, 1.165) is 12.0 Å². The largest absolute Gasteiger partial charge is 0.349 e. The number of hydrogen-bond donors (Lipinski definition) is 1. The summed E-state index contributed by atoms with van der Waals surface area (Å²) in [5.74, 6) is 0.295. The third-order valence-electron chi connectivity index (χ3n) is 5.26. The van der Waals surface area contributed by atoms with E-state index in [-0.39, 0.29) is 17.5 Å².